The van der Waals surface area contributed by atoms with E-state index in [1.807, 2.05) is 58.0 Å². The minimum Gasteiger partial charge on any atom is -0.463 e. The molecule has 0 bridgehead atoms. The zero-order chi connectivity index (χ0) is 17.0. The minimum absolute atomic E-state index is 0.0671. The first-order chi connectivity index (χ1) is 10.2. The van der Waals surface area contributed by atoms with E-state index in [9.17, 15) is 9.59 Å². The lowest BCUT2D eigenvalue weighted by Gasteiger charge is -2.19. The third-order valence-corrected chi connectivity index (χ3v) is 2.38. The third kappa shape index (κ3) is 13.1. The quantitative estimate of drug-likeness (QED) is 0.645. The molecule has 124 valence electrons. The molecular weight excluding hydrogens is 282 g/mol. The monoisotopic (exact) mass is 309 g/mol. The van der Waals surface area contributed by atoms with Crippen LogP contribution in [0.4, 0.5) is 0 Å². The summed E-state index contributed by atoms with van der Waals surface area (Å²) in [4.78, 5) is 20.8. The minimum atomic E-state index is -0.380. The summed E-state index contributed by atoms with van der Waals surface area (Å²) in [6.07, 6.45) is 1.10. The van der Waals surface area contributed by atoms with Crippen LogP contribution in [0.2, 0.25) is 0 Å². The van der Waals surface area contributed by atoms with E-state index in [1.54, 1.807) is 0 Å². The lowest BCUT2D eigenvalue weighted by Crippen LogP contribution is -2.25. The third-order valence-electron chi connectivity index (χ3n) is 2.38. The molecule has 1 aromatic carbocycles. The molecule has 0 aliphatic heterocycles. The Labute approximate surface area is 132 Å². The first kappa shape index (κ1) is 20.1. The number of carbonyl (C=O) groups is 2. The maximum atomic E-state index is 11.1. The second-order valence-corrected chi connectivity index (χ2v) is 6.00. The fraction of sp³-hybridized carbons (Fsp3) is 0.529. The summed E-state index contributed by atoms with van der Waals surface area (Å²) in [5.41, 5.74) is 6.13. The largest absolute Gasteiger partial charge is 0.463 e. The van der Waals surface area contributed by atoms with Crippen LogP contribution in [0.5, 0.6) is 0 Å². The molecule has 0 heterocycles. The summed E-state index contributed by atoms with van der Waals surface area (Å²) in [6.45, 7) is 8.27. The Kier molecular flexibility index (Phi) is 9.87. The van der Waals surface area contributed by atoms with Crippen LogP contribution in [0.3, 0.4) is 0 Å². The molecule has 0 aliphatic rings. The van der Waals surface area contributed by atoms with E-state index in [4.69, 9.17) is 10.5 Å². The van der Waals surface area contributed by atoms with Crippen molar-refractivity contribution in [2.24, 2.45) is 5.73 Å². The summed E-state index contributed by atoms with van der Waals surface area (Å²) < 4.78 is 9.63. The van der Waals surface area contributed by atoms with Crippen molar-refractivity contribution >= 4 is 12.4 Å². The van der Waals surface area contributed by atoms with Crippen molar-refractivity contribution in [1.82, 2.24) is 0 Å². The molecule has 0 amide bonds. The van der Waals surface area contributed by atoms with Gasteiger partial charge in [-0.1, -0.05) is 30.3 Å². The zero-order valence-electron chi connectivity index (χ0n) is 13.9. The molecule has 0 saturated carbocycles. The maximum Gasteiger partial charge on any atom is 0.306 e. The molecule has 5 heteroatoms. The van der Waals surface area contributed by atoms with E-state index >= 15 is 0 Å². The average Bonchev–Trinajstić information content (AvgIpc) is 2.43. The fourth-order valence-electron chi connectivity index (χ4n) is 1.44. The number of esters is 1. The van der Waals surface area contributed by atoms with Gasteiger partial charge in [0.25, 0.3) is 6.47 Å². The van der Waals surface area contributed by atoms with Crippen LogP contribution >= 0.6 is 0 Å². The summed E-state index contributed by atoms with van der Waals surface area (Å²) in [7, 11) is 0. The van der Waals surface area contributed by atoms with Crippen molar-refractivity contribution < 1.29 is 19.1 Å². The zero-order valence-corrected chi connectivity index (χ0v) is 13.9. The Bertz CT molecular complexity index is 424. The molecule has 0 aromatic heterocycles. The van der Waals surface area contributed by atoms with Gasteiger partial charge in [-0.15, -0.1) is 0 Å². The smallest absolute Gasteiger partial charge is 0.306 e. The van der Waals surface area contributed by atoms with Gasteiger partial charge in [0.15, 0.2) is 0 Å². The molecule has 22 heavy (non-hydrogen) atoms. The van der Waals surface area contributed by atoms with Crippen LogP contribution in [0.25, 0.3) is 0 Å². The van der Waals surface area contributed by atoms with Gasteiger partial charge in [0.05, 0.1) is 0 Å². The number of hydrogen-bond acceptors (Lipinski definition) is 5. The normalized spacial score (nSPS) is 11.7. The Balaban J connectivity index is 0.000000406. The molecule has 1 rings (SSSR count). The Morgan fingerprint density at radius 1 is 1.27 bits per heavy atom. The molecular formula is C17H27NO4. The van der Waals surface area contributed by atoms with Crippen LogP contribution in [0, 0.1) is 0 Å². The van der Waals surface area contributed by atoms with Crippen molar-refractivity contribution in [3.05, 3.63) is 35.9 Å². The molecule has 0 spiro atoms. The van der Waals surface area contributed by atoms with E-state index in [1.165, 1.54) is 0 Å². The topological polar surface area (TPSA) is 78.6 Å². The first-order valence-corrected chi connectivity index (χ1v) is 7.31. The van der Waals surface area contributed by atoms with Crippen LogP contribution in [0.1, 0.15) is 46.1 Å². The van der Waals surface area contributed by atoms with Gasteiger partial charge in [0.1, 0.15) is 12.2 Å². The molecule has 2 N–H and O–H groups in total. The second-order valence-electron chi connectivity index (χ2n) is 6.00. The number of ether oxygens (including phenoxy) is 2. The van der Waals surface area contributed by atoms with Gasteiger partial charge in [-0.05, 0) is 39.7 Å². The summed E-state index contributed by atoms with van der Waals surface area (Å²) in [6, 6.07) is 9.61. The summed E-state index contributed by atoms with van der Waals surface area (Å²) >= 11 is 0. The lowest BCUT2D eigenvalue weighted by atomic mass is 10.1. The van der Waals surface area contributed by atoms with Crippen molar-refractivity contribution in [2.45, 2.75) is 58.8 Å². The van der Waals surface area contributed by atoms with E-state index < -0.39 is 0 Å². The van der Waals surface area contributed by atoms with Crippen LogP contribution in [0.15, 0.2) is 30.3 Å². The van der Waals surface area contributed by atoms with Crippen LogP contribution in [-0.4, -0.2) is 24.1 Å². The number of rotatable bonds is 6. The highest BCUT2D eigenvalue weighted by Crippen LogP contribution is 2.09. The highest BCUT2D eigenvalue weighted by Gasteiger charge is 2.15. The summed E-state index contributed by atoms with van der Waals surface area (Å²) in [5.74, 6) is -0.167. The lowest BCUT2D eigenvalue weighted by molar-refractivity contribution is -0.155. The van der Waals surface area contributed by atoms with Gasteiger partial charge in [0.2, 0.25) is 0 Å². The Morgan fingerprint density at radius 3 is 2.32 bits per heavy atom. The van der Waals surface area contributed by atoms with E-state index in [2.05, 4.69) is 4.74 Å². The second kappa shape index (κ2) is 10.8. The van der Waals surface area contributed by atoms with Gasteiger partial charge >= 0.3 is 5.97 Å². The van der Waals surface area contributed by atoms with E-state index in [0.717, 1.165) is 5.56 Å². The molecule has 1 unspecified atom stereocenters. The number of hydrogen-bond donors (Lipinski definition) is 1. The fourth-order valence-corrected chi connectivity index (χ4v) is 1.44. The molecule has 1 atom stereocenters. The van der Waals surface area contributed by atoms with Gasteiger partial charge in [-0.3, -0.25) is 9.59 Å². The molecule has 5 nitrogen and oxygen atoms in total. The number of carbonyl (C=O) groups excluding carboxylic acids is 2. The van der Waals surface area contributed by atoms with Gasteiger partial charge in [0, 0.05) is 12.5 Å². The van der Waals surface area contributed by atoms with Crippen molar-refractivity contribution in [2.75, 3.05) is 0 Å². The van der Waals surface area contributed by atoms with Crippen molar-refractivity contribution in [3.63, 3.8) is 0 Å². The summed E-state index contributed by atoms with van der Waals surface area (Å²) in [5, 5.41) is 0. The molecule has 0 saturated heterocycles. The Hall–Kier alpha value is -1.88. The van der Waals surface area contributed by atoms with Crippen molar-refractivity contribution in [3.8, 4) is 0 Å². The predicted molar refractivity (Wildman–Crippen MR) is 86.0 cm³/mol. The molecule has 0 aliphatic carbocycles. The molecule has 0 radical (unpaired) electrons. The predicted octanol–water partition coefficient (Wildman–Crippen LogP) is 2.82. The average molecular weight is 309 g/mol. The van der Waals surface area contributed by atoms with Crippen LogP contribution < -0.4 is 5.73 Å². The maximum absolute atomic E-state index is 11.1. The van der Waals surface area contributed by atoms with Gasteiger partial charge in [-0.25, -0.2) is 0 Å². The Morgan fingerprint density at radius 2 is 1.86 bits per heavy atom. The van der Waals surface area contributed by atoms with Crippen LogP contribution in [-0.2, 0) is 25.7 Å². The SMILES string of the molecule is CC(N)CCC(=O)OC(C)(C)C.O=COCc1ccccc1. The number of nitrogens with two attached hydrogens (primary N) is 1. The van der Waals surface area contributed by atoms with Gasteiger partial charge < -0.3 is 15.2 Å². The van der Waals surface area contributed by atoms with E-state index in [0.29, 0.717) is 25.9 Å². The van der Waals surface area contributed by atoms with E-state index in [-0.39, 0.29) is 17.6 Å². The van der Waals surface area contributed by atoms with Crippen molar-refractivity contribution in [1.29, 1.82) is 0 Å². The highest BCUT2D eigenvalue weighted by atomic mass is 16.6. The first-order valence-electron chi connectivity index (χ1n) is 7.31. The molecule has 0 fully saturated rings. The van der Waals surface area contributed by atoms with Gasteiger partial charge in [-0.2, -0.15) is 0 Å². The molecule has 1 aromatic rings. The highest BCUT2D eigenvalue weighted by molar-refractivity contribution is 5.69. The standard InChI is InChI=1S/C9H19NO2.C8H8O2/c1-7(10)5-6-8(11)12-9(2,3)4;9-7-10-6-8-4-2-1-3-5-8/h7H,5-6,10H2,1-4H3;1-5,7H,6H2. The number of benzene rings is 1.